The Morgan fingerprint density at radius 3 is 1.44 bits per heavy atom. The standard InChI is InChI=1S/C49H84NO10P/c1-3-5-7-9-11-13-15-17-19-20-21-22-23-24-25-26-27-29-31-33-35-37-39-41-48(53)58-42-45(51)43-59-61(56,57)60-44-46(49(54)55)50-47(52)40-38-36-34-32-30-28-18-16-14-12-10-8-6-4-2/h5,7,11,13,16-19,21-22,24-25,45-46,51H,3-4,6,8-10,12,14-15,20,23,26-44H2,1-2H3,(H,50,52)(H,54,55)(H,56,57)/b7-5-,13-11-,18-16-,19-17-,22-21-,25-24-. The van der Waals surface area contributed by atoms with E-state index in [-0.39, 0.29) is 12.8 Å². The summed E-state index contributed by atoms with van der Waals surface area (Å²) in [6, 6.07) is -1.55. The number of nitrogens with one attached hydrogen (secondary N) is 1. The van der Waals surface area contributed by atoms with E-state index in [1.807, 2.05) is 0 Å². The van der Waals surface area contributed by atoms with Crippen LogP contribution in [0.15, 0.2) is 72.9 Å². The predicted octanol–water partition coefficient (Wildman–Crippen LogP) is 12.5. The molecule has 0 aromatic rings. The average molecular weight is 878 g/mol. The molecule has 0 aliphatic carbocycles. The van der Waals surface area contributed by atoms with Crippen molar-refractivity contribution < 1.29 is 47.8 Å². The Kier molecular flexibility index (Phi) is 41.4. The third kappa shape index (κ3) is 43.4. The number of carboxylic acids is 1. The lowest BCUT2D eigenvalue weighted by Gasteiger charge is -2.18. The van der Waals surface area contributed by atoms with Crippen LogP contribution in [-0.4, -0.2) is 64.9 Å². The molecular formula is C49H84NO10P. The van der Waals surface area contributed by atoms with Crippen molar-refractivity contribution in [2.45, 2.75) is 199 Å². The Bertz CT molecular complexity index is 1310. The van der Waals surface area contributed by atoms with E-state index < -0.39 is 57.6 Å². The number of phosphoric ester groups is 1. The van der Waals surface area contributed by atoms with Crippen molar-refractivity contribution in [2.24, 2.45) is 0 Å². The molecule has 0 aliphatic heterocycles. The minimum atomic E-state index is -4.77. The number of ether oxygens (including phenoxy) is 1. The summed E-state index contributed by atoms with van der Waals surface area (Å²) in [6.07, 6.45) is 52.1. The van der Waals surface area contributed by atoms with Crippen LogP contribution in [0.1, 0.15) is 187 Å². The number of unbranched alkanes of at least 4 members (excludes halogenated alkanes) is 17. The molecule has 0 fully saturated rings. The van der Waals surface area contributed by atoms with Gasteiger partial charge in [0, 0.05) is 12.8 Å². The average Bonchev–Trinajstić information content (AvgIpc) is 3.24. The number of aliphatic carboxylic acids is 1. The van der Waals surface area contributed by atoms with Crippen LogP contribution < -0.4 is 5.32 Å². The lowest BCUT2D eigenvalue weighted by molar-refractivity contribution is -0.147. The minimum Gasteiger partial charge on any atom is -0.480 e. The fourth-order valence-corrected chi connectivity index (χ4v) is 6.87. The number of amides is 1. The molecule has 11 nitrogen and oxygen atoms in total. The molecule has 12 heteroatoms. The monoisotopic (exact) mass is 878 g/mol. The van der Waals surface area contributed by atoms with E-state index in [0.717, 1.165) is 103 Å². The fourth-order valence-electron chi connectivity index (χ4n) is 6.10. The van der Waals surface area contributed by atoms with Crippen molar-refractivity contribution in [3.05, 3.63) is 72.9 Å². The van der Waals surface area contributed by atoms with Gasteiger partial charge >= 0.3 is 19.8 Å². The highest BCUT2D eigenvalue weighted by atomic mass is 31.2. The third-order valence-corrected chi connectivity index (χ3v) is 10.7. The maximum atomic E-state index is 12.3. The summed E-state index contributed by atoms with van der Waals surface area (Å²) >= 11 is 0. The quantitative estimate of drug-likeness (QED) is 0.0200. The second-order valence-corrected chi connectivity index (χ2v) is 17.0. The molecule has 0 saturated heterocycles. The molecule has 3 atom stereocenters. The molecule has 0 rings (SSSR count). The zero-order valence-corrected chi connectivity index (χ0v) is 38.8. The third-order valence-electron chi connectivity index (χ3n) is 9.73. The van der Waals surface area contributed by atoms with E-state index in [2.05, 4.69) is 92.1 Å². The maximum absolute atomic E-state index is 12.3. The maximum Gasteiger partial charge on any atom is 0.472 e. The van der Waals surface area contributed by atoms with Crippen molar-refractivity contribution in [1.82, 2.24) is 5.32 Å². The second-order valence-electron chi connectivity index (χ2n) is 15.6. The zero-order chi connectivity index (χ0) is 44.9. The van der Waals surface area contributed by atoms with Gasteiger partial charge in [0.2, 0.25) is 5.91 Å². The summed E-state index contributed by atoms with van der Waals surface area (Å²) in [7, 11) is -4.77. The van der Waals surface area contributed by atoms with Gasteiger partial charge in [-0.3, -0.25) is 18.6 Å². The topological polar surface area (TPSA) is 169 Å². The molecule has 0 aliphatic rings. The highest BCUT2D eigenvalue weighted by Crippen LogP contribution is 2.43. The van der Waals surface area contributed by atoms with E-state index in [0.29, 0.717) is 12.8 Å². The molecule has 350 valence electrons. The molecule has 61 heavy (non-hydrogen) atoms. The van der Waals surface area contributed by atoms with Crippen LogP contribution in [-0.2, 0) is 32.7 Å². The van der Waals surface area contributed by atoms with E-state index in [1.54, 1.807) is 0 Å². The molecule has 1 amide bonds. The van der Waals surface area contributed by atoms with Crippen molar-refractivity contribution in [1.29, 1.82) is 0 Å². The first-order valence-corrected chi connectivity index (χ1v) is 25.0. The van der Waals surface area contributed by atoms with Gasteiger partial charge in [-0.25, -0.2) is 9.36 Å². The summed E-state index contributed by atoms with van der Waals surface area (Å²) in [4.78, 5) is 46.0. The van der Waals surface area contributed by atoms with Crippen LogP contribution in [0.3, 0.4) is 0 Å². The summed E-state index contributed by atoms with van der Waals surface area (Å²) in [6.45, 7) is 2.45. The number of carbonyl (C=O) groups is 3. The minimum absolute atomic E-state index is 0.132. The Labute approximate surface area is 369 Å². The zero-order valence-electron chi connectivity index (χ0n) is 37.9. The van der Waals surface area contributed by atoms with Crippen molar-refractivity contribution in [3.63, 3.8) is 0 Å². The summed E-state index contributed by atoms with van der Waals surface area (Å²) < 4.78 is 26.9. The first-order valence-electron chi connectivity index (χ1n) is 23.5. The lowest BCUT2D eigenvalue weighted by atomic mass is 10.1. The first kappa shape index (κ1) is 57.9. The second kappa shape index (κ2) is 43.6. The Balaban J connectivity index is 3.89. The van der Waals surface area contributed by atoms with Crippen LogP contribution in [0.4, 0.5) is 0 Å². The van der Waals surface area contributed by atoms with Gasteiger partial charge in [-0.1, -0.05) is 164 Å². The van der Waals surface area contributed by atoms with Crippen LogP contribution in [0.5, 0.6) is 0 Å². The molecule has 3 unspecified atom stereocenters. The van der Waals surface area contributed by atoms with Crippen LogP contribution >= 0.6 is 7.82 Å². The number of aliphatic hydroxyl groups excluding tert-OH is 1. The van der Waals surface area contributed by atoms with Crippen molar-refractivity contribution in [2.75, 3.05) is 19.8 Å². The molecule has 0 saturated carbocycles. The van der Waals surface area contributed by atoms with Crippen LogP contribution in [0.25, 0.3) is 0 Å². The number of hydrogen-bond acceptors (Lipinski definition) is 8. The SMILES string of the molecule is CC/C=C\C/C=C\C/C=C\C/C=C\C/C=C\CCCCCCCCCC(=O)OCC(O)COP(=O)(O)OCC(NC(=O)CCCCCCC/C=C\CCCCCCC)C(=O)O. The number of allylic oxidation sites excluding steroid dienone is 12. The van der Waals surface area contributed by atoms with Gasteiger partial charge in [0.25, 0.3) is 0 Å². The molecule has 4 N–H and O–H groups in total. The molecule has 0 aromatic heterocycles. The Hall–Kier alpha value is -3.08. The van der Waals surface area contributed by atoms with Gasteiger partial charge in [-0.15, -0.1) is 0 Å². The van der Waals surface area contributed by atoms with Gasteiger partial charge in [-0.2, -0.15) is 0 Å². The van der Waals surface area contributed by atoms with Crippen LogP contribution in [0, 0.1) is 0 Å². The van der Waals surface area contributed by atoms with Crippen molar-refractivity contribution >= 4 is 25.7 Å². The van der Waals surface area contributed by atoms with Gasteiger partial charge in [0.1, 0.15) is 12.7 Å². The number of carboxylic acid groups (broad SMARTS) is 1. The van der Waals surface area contributed by atoms with Gasteiger partial charge in [-0.05, 0) is 83.5 Å². The summed E-state index contributed by atoms with van der Waals surface area (Å²) in [5, 5.41) is 21.8. The molecule has 0 bridgehead atoms. The number of phosphoric acid groups is 1. The molecule has 0 spiro atoms. The van der Waals surface area contributed by atoms with Gasteiger partial charge in [0.05, 0.1) is 13.2 Å². The number of carbonyl (C=O) groups excluding carboxylic acids is 2. The predicted molar refractivity (Wildman–Crippen MR) is 249 cm³/mol. The van der Waals surface area contributed by atoms with E-state index in [1.165, 1.54) is 44.9 Å². The fraction of sp³-hybridized carbons (Fsp3) is 0.694. The first-order chi connectivity index (χ1) is 29.6. The number of hydrogen-bond donors (Lipinski definition) is 4. The number of aliphatic hydroxyl groups is 1. The summed E-state index contributed by atoms with van der Waals surface area (Å²) in [5.74, 6) is -2.40. The van der Waals surface area contributed by atoms with Gasteiger partial charge in [0.15, 0.2) is 6.04 Å². The largest absolute Gasteiger partial charge is 0.480 e. The van der Waals surface area contributed by atoms with Gasteiger partial charge < -0.3 is 25.2 Å². The Morgan fingerprint density at radius 1 is 0.541 bits per heavy atom. The smallest absolute Gasteiger partial charge is 0.472 e. The Morgan fingerprint density at radius 2 is 0.951 bits per heavy atom. The molecule has 0 radical (unpaired) electrons. The molecular weight excluding hydrogens is 794 g/mol. The molecule has 0 heterocycles. The van der Waals surface area contributed by atoms with E-state index in [4.69, 9.17) is 13.8 Å². The number of rotatable bonds is 43. The highest BCUT2D eigenvalue weighted by molar-refractivity contribution is 7.47. The van der Waals surface area contributed by atoms with Crippen molar-refractivity contribution in [3.8, 4) is 0 Å². The van der Waals surface area contributed by atoms with E-state index >= 15 is 0 Å². The summed E-state index contributed by atoms with van der Waals surface area (Å²) in [5.41, 5.74) is 0. The normalized spacial score (nSPS) is 14.3. The van der Waals surface area contributed by atoms with E-state index in [9.17, 15) is 34.1 Å². The highest BCUT2D eigenvalue weighted by Gasteiger charge is 2.28. The molecule has 0 aromatic carbocycles. The van der Waals surface area contributed by atoms with Crippen LogP contribution in [0.2, 0.25) is 0 Å². The lowest BCUT2D eigenvalue weighted by Crippen LogP contribution is -2.43. The number of esters is 1.